The highest BCUT2D eigenvalue weighted by Gasteiger charge is 2.13. The van der Waals surface area contributed by atoms with Gasteiger partial charge in [-0.1, -0.05) is 42.5 Å². The molecule has 2 rings (SSSR count). The van der Waals surface area contributed by atoms with E-state index < -0.39 is 0 Å². The molecule has 0 saturated carbocycles. The topological polar surface area (TPSA) is 55.6 Å². The summed E-state index contributed by atoms with van der Waals surface area (Å²) in [5.41, 5.74) is 8.02. The van der Waals surface area contributed by atoms with Crippen molar-refractivity contribution in [2.45, 2.75) is 19.3 Å². The van der Waals surface area contributed by atoms with E-state index in [1.807, 2.05) is 47.4 Å². The number of nitrogens with zero attached hydrogens (tertiary/aromatic N) is 1. The molecule has 0 unspecified atom stereocenters. The SMILES string of the molecule is COc1cccc(CCC(=O)N(CCN)CCc2ccccc2)c1.Cl. The van der Waals surface area contributed by atoms with Crippen molar-refractivity contribution in [3.63, 3.8) is 0 Å². The Morgan fingerprint density at radius 3 is 2.40 bits per heavy atom. The molecule has 1 amide bonds. The van der Waals surface area contributed by atoms with E-state index in [0.717, 1.165) is 17.7 Å². The fraction of sp³-hybridized carbons (Fsp3) is 0.350. The van der Waals surface area contributed by atoms with E-state index in [2.05, 4.69) is 12.1 Å². The zero-order valence-corrected chi connectivity index (χ0v) is 15.5. The number of aryl methyl sites for hydroxylation is 1. The van der Waals surface area contributed by atoms with Gasteiger partial charge in [0.05, 0.1) is 7.11 Å². The summed E-state index contributed by atoms with van der Waals surface area (Å²) in [4.78, 5) is 14.4. The number of benzene rings is 2. The largest absolute Gasteiger partial charge is 0.497 e. The van der Waals surface area contributed by atoms with Gasteiger partial charge in [-0.25, -0.2) is 0 Å². The summed E-state index contributed by atoms with van der Waals surface area (Å²) in [6, 6.07) is 18.1. The van der Waals surface area contributed by atoms with Crippen LogP contribution in [0.1, 0.15) is 17.5 Å². The van der Waals surface area contributed by atoms with E-state index in [1.54, 1.807) is 7.11 Å². The van der Waals surface area contributed by atoms with Crippen LogP contribution in [0.2, 0.25) is 0 Å². The molecule has 0 spiro atoms. The van der Waals surface area contributed by atoms with Gasteiger partial charge in [-0.15, -0.1) is 12.4 Å². The van der Waals surface area contributed by atoms with E-state index in [1.165, 1.54) is 5.56 Å². The van der Waals surface area contributed by atoms with E-state index in [0.29, 0.717) is 32.5 Å². The summed E-state index contributed by atoms with van der Waals surface area (Å²) >= 11 is 0. The maximum atomic E-state index is 12.5. The Labute approximate surface area is 156 Å². The predicted molar refractivity (Wildman–Crippen MR) is 104 cm³/mol. The third kappa shape index (κ3) is 7.16. The van der Waals surface area contributed by atoms with Gasteiger partial charge in [-0.2, -0.15) is 0 Å². The van der Waals surface area contributed by atoms with Crippen LogP contribution in [0, 0.1) is 0 Å². The van der Waals surface area contributed by atoms with Gasteiger partial charge in [-0.05, 0) is 36.1 Å². The van der Waals surface area contributed by atoms with Crippen LogP contribution in [0.3, 0.4) is 0 Å². The van der Waals surface area contributed by atoms with Crippen LogP contribution in [0.5, 0.6) is 5.75 Å². The zero-order chi connectivity index (χ0) is 17.2. The molecule has 25 heavy (non-hydrogen) atoms. The normalized spacial score (nSPS) is 10.0. The van der Waals surface area contributed by atoms with Crippen LogP contribution in [0.25, 0.3) is 0 Å². The Balaban J connectivity index is 0.00000312. The summed E-state index contributed by atoms with van der Waals surface area (Å²) < 4.78 is 5.22. The Kier molecular flexibility index (Phi) is 9.66. The fourth-order valence-corrected chi connectivity index (χ4v) is 2.66. The summed E-state index contributed by atoms with van der Waals surface area (Å²) in [6.45, 7) is 1.79. The third-order valence-electron chi connectivity index (χ3n) is 4.03. The Bertz CT molecular complexity index is 635. The molecule has 0 radical (unpaired) electrons. The number of hydrogen-bond acceptors (Lipinski definition) is 3. The van der Waals surface area contributed by atoms with Gasteiger partial charge in [0, 0.05) is 26.1 Å². The minimum Gasteiger partial charge on any atom is -0.497 e. The predicted octanol–water partition coefficient (Wildman–Crippen LogP) is 3.08. The van der Waals surface area contributed by atoms with E-state index in [-0.39, 0.29) is 18.3 Å². The smallest absolute Gasteiger partial charge is 0.222 e. The third-order valence-corrected chi connectivity index (χ3v) is 4.03. The summed E-state index contributed by atoms with van der Waals surface area (Å²) in [7, 11) is 1.65. The first kappa shape index (κ1) is 21.0. The van der Waals surface area contributed by atoms with Crippen LogP contribution in [-0.4, -0.2) is 37.6 Å². The minimum atomic E-state index is 0. The lowest BCUT2D eigenvalue weighted by atomic mass is 10.1. The molecule has 0 saturated heterocycles. The second-order valence-corrected chi connectivity index (χ2v) is 5.76. The van der Waals surface area contributed by atoms with Crippen LogP contribution in [0.4, 0.5) is 0 Å². The summed E-state index contributed by atoms with van der Waals surface area (Å²) in [5, 5.41) is 0. The van der Waals surface area contributed by atoms with Crippen molar-refractivity contribution in [3.05, 3.63) is 65.7 Å². The summed E-state index contributed by atoms with van der Waals surface area (Å²) in [5.74, 6) is 0.974. The Morgan fingerprint density at radius 1 is 1.00 bits per heavy atom. The van der Waals surface area contributed by atoms with Crippen LogP contribution >= 0.6 is 12.4 Å². The monoisotopic (exact) mass is 362 g/mol. The molecular formula is C20H27ClN2O2. The number of amides is 1. The molecule has 0 bridgehead atoms. The molecule has 0 aromatic heterocycles. The molecule has 0 heterocycles. The molecule has 136 valence electrons. The highest BCUT2D eigenvalue weighted by Crippen LogP contribution is 2.14. The molecule has 2 aromatic rings. The van der Waals surface area contributed by atoms with E-state index in [9.17, 15) is 4.79 Å². The first-order valence-electron chi connectivity index (χ1n) is 8.37. The first-order chi connectivity index (χ1) is 11.7. The van der Waals surface area contributed by atoms with Crippen LogP contribution in [0.15, 0.2) is 54.6 Å². The maximum absolute atomic E-state index is 12.5. The lowest BCUT2D eigenvalue weighted by molar-refractivity contribution is -0.131. The van der Waals surface area contributed by atoms with Crippen molar-refractivity contribution < 1.29 is 9.53 Å². The lowest BCUT2D eigenvalue weighted by Gasteiger charge is -2.22. The molecule has 4 nitrogen and oxygen atoms in total. The Hall–Kier alpha value is -2.04. The number of carbonyl (C=O) groups excluding carboxylic acids is 1. The van der Waals surface area contributed by atoms with Crippen molar-refractivity contribution in [2.75, 3.05) is 26.7 Å². The molecule has 2 aromatic carbocycles. The number of carbonyl (C=O) groups is 1. The molecule has 0 fully saturated rings. The fourth-order valence-electron chi connectivity index (χ4n) is 2.66. The van der Waals surface area contributed by atoms with Gasteiger partial charge >= 0.3 is 0 Å². The maximum Gasteiger partial charge on any atom is 0.222 e. The van der Waals surface area contributed by atoms with Gasteiger partial charge in [0.25, 0.3) is 0 Å². The number of ether oxygens (including phenoxy) is 1. The van der Waals surface area contributed by atoms with Gasteiger partial charge < -0.3 is 15.4 Å². The average Bonchev–Trinajstić information content (AvgIpc) is 2.64. The second-order valence-electron chi connectivity index (χ2n) is 5.76. The number of methoxy groups -OCH3 is 1. The van der Waals surface area contributed by atoms with Crippen molar-refractivity contribution in [3.8, 4) is 5.75 Å². The van der Waals surface area contributed by atoms with Crippen molar-refractivity contribution >= 4 is 18.3 Å². The van der Waals surface area contributed by atoms with Crippen molar-refractivity contribution in [1.29, 1.82) is 0 Å². The van der Waals surface area contributed by atoms with Gasteiger partial charge in [0.2, 0.25) is 5.91 Å². The Morgan fingerprint density at radius 2 is 1.72 bits per heavy atom. The van der Waals surface area contributed by atoms with Gasteiger partial charge in [0.1, 0.15) is 5.75 Å². The first-order valence-corrected chi connectivity index (χ1v) is 8.37. The van der Waals surface area contributed by atoms with E-state index >= 15 is 0 Å². The highest BCUT2D eigenvalue weighted by atomic mass is 35.5. The van der Waals surface area contributed by atoms with Crippen LogP contribution in [-0.2, 0) is 17.6 Å². The lowest BCUT2D eigenvalue weighted by Crippen LogP contribution is -2.37. The number of nitrogens with two attached hydrogens (primary N) is 1. The van der Waals surface area contributed by atoms with E-state index in [4.69, 9.17) is 10.5 Å². The quantitative estimate of drug-likeness (QED) is 0.745. The molecule has 5 heteroatoms. The number of hydrogen-bond donors (Lipinski definition) is 1. The number of halogens is 1. The number of rotatable bonds is 9. The highest BCUT2D eigenvalue weighted by molar-refractivity contribution is 5.85. The van der Waals surface area contributed by atoms with Crippen LogP contribution < -0.4 is 10.5 Å². The molecule has 0 atom stereocenters. The summed E-state index contributed by atoms with van der Waals surface area (Å²) in [6.07, 6.45) is 2.05. The van der Waals surface area contributed by atoms with Gasteiger partial charge in [0.15, 0.2) is 0 Å². The zero-order valence-electron chi connectivity index (χ0n) is 14.7. The second kappa shape index (κ2) is 11.5. The minimum absolute atomic E-state index is 0. The molecule has 2 N–H and O–H groups in total. The van der Waals surface area contributed by atoms with Crippen molar-refractivity contribution in [1.82, 2.24) is 4.90 Å². The van der Waals surface area contributed by atoms with Gasteiger partial charge in [-0.3, -0.25) is 4.79 Å². The molecule has 0 aliphatic carbocycles. The average molecular weight is 363 g/mol. The van der Waals surface area contributed by atoms with Crippen molar-refractivity contribution in [2.24, 2.45) is 5.73 Å². The molecule has 0 aliphatic rings. The molecule has 0 aliphatic heterocycles. The molecular weight excluding hydrogens is 336 g/mol. The standard InChI is InChI=1S/C20H26N2O2.ClH/c1-24-19-9-5-8-18(16-19)10-11-20(23)22(15-13-21)14-12-17-6-3-2-4-7-17;/h2-9,16H,10-15,21H2,1H3;1H.